The normalized spacial score (nSPS) is 15.7. The van der Waals surface area contributed by atoms with Crippen LogP contribution in [0.2, 0.25) is 0 Å². The van der Waals surface area contributed by atoms with Crippen LogP contribution in [-0.4, -0.2) is 19.4 Å². The van der Waals surface area contributed by atoms with Crippen molar-refractivity contribution in [3.05, 3.63) is 35.4 Å². The van der Waals surface area contributed by atoms with E-state index in [1.807, 2.05) is 45.0 Å². The summed E-state index contributed by atoms with van der Waals surface area (Å²) in [7, 11) is -3.14. The maximum Gasteiger partial charge on any atom is 0.155 e. The Labute approximate surface area is 110 Å². The molecule has 3 nitrogen and oxygen atoms in total. The van der Waals surface area contributed by atoms with Gasteiger partial charge >= 0.3 is 0 Å². The molecule has 0 spiro atoms. The van der Waals surface area contributed by atoms with Gasteiger partial charge < -0.3 is 5.73 Å². The maximum absolute atomic E-state index is 12.2. The summed E-state index contributed by atoms with van der Waals surface area (Å²) in [5.41, 5.74) is 7.99. The molecule has 18 heavy (non-hydrogen) atoms. The molecule has 0 heterocycles. The van der Waals surface area contributed by atoms with Crippen molar-refractivity contribution in [3.8, 4) is 0 Å². The minimum absolute atomic E-state index is 0.00972. The molecule has 2 unspecified atom stereocenters. The van der Waals surface area contributed by atoms with Crippen molar-refractivity contribution in [1.82, 2.24) is 0 Å². The average molecular weight is 269 g/mol. The Morgan fingerprint density at radius 1 is 1.22 bits per heavy atom. The Morgan fingerprint density at radius 2 is 1.83 bits per heavy atom. The molecule has 0 aromatic heterocycles. The lowest BCUT2D eigenvalue weighted by molar-refractivity contribution is 0.540. The van der Waals surface area contributed by atoms with Crippen molar-refractivity contribution in [2.45, 2.75) is 39.0 Å². The van der Waals surface area contributed by atoms with Gasteiger partial charge in [0.1, 0.15) is 0 Å². The number of aryl methyl sites for hydroxylation is 1. The first-order chi connectivity index (χ1) is 8.24. The van der Waals surface area contributed by atoms with Gasteiger partial charge in [0.2, 0.25) is 0 Å². The van der Waals surface area contributed by atoms with E-state index in [0.29, 0.717) is 0 Å². The van der Waals surface area contributed by atoms with E-state index in [2.05, 4.69) is 0 Å². The van der Waals surface area contributed by atoms with Crippen molar-refractivity contribution in [2.75, 3.05) is 5.75 Å². The molecule has 0 aliphatic rings. The fraction of sp³-hybridized carbons (Fsp3) is 0.571. The fourth-order valence-corrected chi connectivity index (χ4v) is 3.64. The van der Waals surface area contributed by atoms with Crippen LogP contribution in [0.5, 0.6) is 0 Å². The fourth-order valence-electron chi connectivity index (χ4n) is 1.81. The number of rotatable bonds is 5. The van der Waals surface area contributed by atoms with Gasteiger partial charge in [0, 0.05) is 6.04 Å². The summed E-state index contributed by atoms with van der Waals surface area (Å²) in [6.45, 7) is 7.56. The lowest BCUT2D eigenvalue weighted by atomic mass is 10.1. The van der Waals surface area contributed by atoms with E-state index < -0.39 is 15.9 Å². The van der Waals surface area contributed by atoms with Gasteiger partial charge in [-0.2, -0.15) is 0 Å². The lowest BCUT2D eigenvalue weighted by Gasteiger charge is -2.19. The number of hydrogen-bond donors (Lipinski definition) is 1. The molecule has 4 heteroatoms. The number of sulfone groups is 1. The molecule has 0 fully saturated rings. The van der Waals surface area contributed by atoms with Crippen LogP contribution in [0, 0.1) is 12.8 Å². The van der Waals surface area contributed by atoms with Gasteiger partial charge in [-0.3, -0.25) is 0 Å². The van der Waals surface area contributed by atoms with Gasteiger partial charge in [-0.25, -0.2) is 8.42 Å². The largest absolute Gasteiger partial charge is 0.323 e. The van der Waals surface area contributed by atoms with E-state index in [1.54, 1.807) is 6.92 Å². The summed E-state index contributed by atoms with van der Waals surface area (Å²) in [6, 6.07) is 7.26. The molecule has 1 rings (SSSR count). The first-order valence-electron chi connectivity index (χ1n) is 6.27. The summed E-state index contributed by atoms with van der Waals surface area (Å²) in [6.07, 6.45) is 0. The Kier molecular flexibility index (Phi) is 4.93. The molecule has 0 amide bonds. The summed E-state index contributed by atoms with van der Waals surface area (Å²) < 4.78 is 24.3. The van der Waals surface area contributed by atoms with E-state index in [0.717, 1.165) is 11.1 Å². The zero-order valence-electron chi connectivity index (χ0n) is 11.6. The van der Waals surface area contributed by atoms with Crippen LogP contribution in [0.3, 0.4) is 0 Å². The summed E-state index contributed by atoms with van der Waals surface area (Å²) in [4.78, 5) is 0. The van der Waals surface area contributed by atoms with Crippen LogP contribution in [0.4, 0.5) is 0 Å². The number of hydrogen-bond acceptors (Lipinski definition) is 3. The van der Waals surface area contributed by atoms with Crippen molar-refractivity contribution in [3.63, 3.8) is 0 Å². The predicted octanol–water partition coefficient (Wildman–Crippen LogP) is 2.45. The number of nitrogens with two attached hydrogens (primary N) is 1. The Balaban J connectivity index is 2.85. The molecule has 1 aromatic rings. The SMILES string of the molecule is Cc1cccc(C(N)CS(=O)(=O)C(C)C(C)C)c1. The van der Waals surface area contributed by atoms with Gasteiger partial charge in [0.15, 0.2) is 9.84 Å². The standard InChI is InChI=1S/C14H23NO2S/c1-10(2)12(4)18(16,17)9-14(15)13-7-5-6-11(3)8-13/h5-8,10,12,14H,9,15H2,1-4H3. The third kappa shape index (κ3) is 3.82. The second kappa shape index (κ2) is 5.85. The number of benzene rings is 1. The highest BCUT2D eigenvalue weighted by molar-refractivity contribution is 7.92. The first kappa shape index (κ1) is 15.2. The van der Waals surface area contributed by atoms with Crippen molar-refractivity contribution in [2.24, 2.45) is 11.7 Å². The van der Waals surface area contributed by atoms with E-state index in [4.69, 9.17) is 5.73 Å². The topological polar surface area (TPSA) is 60.2 Å². The molecule has 2 atom stereocenters. The van der Waals surface area contributed by atoms with Crippen LogP contribution in [0.25, 0.3) is 0 Å². The van der Waals surface area contributed by atoms with Crippen LogP contribution < -0.4 is 5.73 Å². The zero-order valence-corrected chi connectivity index (χ0v) is 12.4. The van der Waals surface area contributed by atoms with Crippen LogP contribution >= 0.6 is 0 Å². The van der Waals surface area contributed by atoms with Gasteiger partial charge in [-0.1, -0.05) is 43.7 Å². The summed E-state index contributed by atoms with van der Waals surface area (Å²) in [5, 5.41) is -0.353. The predicted molar refractivity (Wildman–Crippen MR) is 76.2 cm³/mol. The van der Waals surface area contributed by atoms with E-state index in [-0.39, 0.29) is 16.9 Å². The molecule has 0 saturated carbocycles. The van der Waals surface area contributed by atoms with Crippen LogP contribution in [0.15, 0.2) is 24.3 Å². The second-order valence-electron chi connectivity index (χ2n) is 5.30. The molecule has 0 bridgehead atoms. The third-order valence-corrected chi connectivity index (χ3v) is 5.89. The molecule has 0 saturated heterocycles. The zero-order chi connectivity index (χ0) is 13.9. The Bertz CT molecular complexity index is 494. The second-order valence-corrected chi connectivity index (χ2v) is 7.70. The summed E-state index contributed by atoms with van der Waals surface area (Å²) >= 11 is 0. The summed E-state index contributed by atoms with van der Waals surface area (Å²) in [5.74, 6) is 0.121. The molecular formula is C14H23NO2S. The molecule has 2 N–H and O–H groups in total. The van der Waals surface area contributed by atoms with Gasteiger partial charge in [0.05, 0.1) is 11.0 Å². The van der Waals surface area contributed by atoms with Crippen molar-refractivity contribution in [1.29, 1.82) is 0 Å². The maximum atomic E-state index is 12.2. The first-order valence-corrected chi connectivity index (χ1v) is 7.99. The van der Waals surface area contributed by atoms with E-state index in [9.17, 15) is 8.42 Å². The van der Waals surface area contributed by atoms with Crippen molar-refractivity contribution >= 4 is 9.84 Å². The minimum atomic E-state index is -3.14. The van der Waals surface area contributed by atoms with E-state index in [1.165, 1.54) is 0 Å². The van der Waals surface area contributed by atoms with Crippen LogP contribution in [-0.2, 0) is 9.84 Å². The molecule has 0 aliphatic carbocycles. The quantitative estimate of drug-likeness (QED) is 0.893. The molecule has 0 radical (unpaired) electrons. The van der Waals surface area contributed by atoms with Gasteiger partial charge in [-0.05, 0) is 25.3 Å². The molecular weight excluding hydrogens is 246 g/mol. The third-order valence-electron chi connectivity index (χ3n) is 3.39. The highest BCUT2D eigenvalue weighted by atomic mass is 32.2. The molecule has 0 aliphatic heterocycles. The van der Waals surface area contributed by atoms with E-state index >= 15 is 0 Å². The average Bonchev–Trinajstić information content (AvgIpc) is 2.27. The Hall–Kier alpha value is -0.870. The highest BCUT2D eigenvalue weighted by Gasteiger charge is 2.26. The Morgan fingerprint density at radius 3 is 2.33 bits per heavy atom. The van der Waals surface area contributed by atoms with Crippen molar-refractivity contribution < 1.29 is 8.42 Å². The lowest BCUT2D eigenvalue weighted by Crippen LogP contribution is -2.31. The van der Waals surface area contributed by atoms with Crippen LogP contribution in [0.1, 0.15) is 37.9 Å². The van der Waals surface area contributed by atoms with Gasteiger partial charge in [-0.15, -0.1) is 0 Å². The van der Waals surface area contributed by atoms with Gasteiger partial charge in [0.25, 0.3) is 0 Å². The smallest absolute Gasteiger partial charge is 0.155 e. The highest BCUT2D eigenvalue weighted by Crippen LogP contribution is 2.19. The minimum Gasteiger partial charge on any atom is -0.323 e. The molecule has 102 valence electrons. The molecule has 1 aromatic carbocycles. The monoisotopic (exact) mass is 269 g/mol.